The summed E-state index contributed by atoms with van der Waals surface area (Å²) in [7, 11) is 0.791. The first-order valence-corrected chi connectivity index (χ1v) is 23.1. The number of hydrogen-bond donors (Lipinski definition) is 1. The maximum atomic E-state index is 13.7. The molecule has 0 radical (unpaired) electrons. The van der Waals surface area contributed by atoms with Gasteiger partial charge in [0.2, 0.25) is 0 Å². The van der Waals surface area contributed by atoms with Gasteiger partial charge in [0.05, 0.1) is 27.2 Å². The quantitative estimate of drug-likeness (QED) is 0.0432. The molecule has 0 aliphatic carbocycles. The maximum Gasteiger partial charge on any atom is 0.351 e. The van der Waals surface area contributed by atoms with Crippen LogP contribution in [-0.2, 0) is 19.5 Å². The van der Waals surface area contributed by atoms with Gasteiger partial charge in [-0.1, -0.05) is 102 Å². The van der Waals surface area contributed by atoms with Crippen molar-refractivity contribution in [1.29, 1.82) is 0 Å². The molecule has 0 spiro atoms. The molecule has 2 heterocycles. The fourth-order valence-corrected chi connectivity index (χ4v) is 8.11. The van der Waals surface area contributed by atoms with Gasteiger partial charge in [-0.15, -0.1) is 0 Å². The van der Waals surface area contributed by atoms with Crippen molar-refractivity contribution >= 4 is 20.5 Å². The van der Waals surface area contributed by atoms with E-state index in [2.05, 4.69) is 62.6 Å². The summed E-state index contributed by atoms with van der Waals surface area (Å²) in [6.07, 6.45) is 3.77. The van der Waals surface area contributed by atoms with Gasteiger partial charge in [-0.2, -0.15) is 4.98 Å². The summed E-state index contributed by atoms with van der Waals surface area (Å²) in [4.78, 5) is 24.7. The zero-order valence-electron chi connectivity index (χ0n) is 35.2. The summed E-state index contributed by atoms with van der Waals surface area (Å²) in [6, 6.07) is 27.3. The van der Waals surface area contributed by atoms with Gasteiger partial charge < -0.3 is 33.4 Å². The first-order chi connectivity index (χ1) is 27.3. The lowest BCUT2D eigenvalue weighted by molar-refractivity contribution is -0.0947. The number of unbranched alkanes of at least 4 members (excludes halogenated alkanes) is 2. The molecule has 1 saturated heterocycles. The summed E-state index contributed by atoms with van der Waals surface area (Å²) >= 11 is 0. The highest BCUT2D eigenvalue weighted by molar-refractivity contribution is 6.74. The predicted octanol–water partition coefficient (Wildman–Crippen LogP) is 8.48. The Morgan fingerprint density at radius 2 is 1.40 bits per heavy atom. The third kappa shape index (κ3) is 10.2. The standard InChI is InChI=1S/C45H62N4O7Si/c1-10-12-28-48(29-13-11-2)32-46-39-27-30-49(43(51)47-39)42-40(50)41(56-57(8,9)44(3,4)5)38(55-42)31-54-45(33-17-15-14-16-18-33,34-19-23-36(52-6)24-20-34)35-21-25-37(53-7)26-22-35/h14-27,30,32,38,40-42,50H,10-13,28-29,31H2,1-9H3/t38-,40-,41-,42-/m0/s1. The molecule has 4 aromatic rings. The van der Waals surface area contributed by atoms with E-state index in [-0.39, 0.29) is 11.6 Å². The largest absolute Gasteiger partial charge is 0.497 e. The Kier molecular flexibility index (Phi) is 14.9. The van der Waals surface area contributed by atoms with E-state index < -0.39 is 44.1 Å². The summed E-state index contributed by atoms with van der Waals surface area (Å²) in [5.74, 6) is 1.72. The van der Waals surface area contributed by atoms with Crippen LogP contribution < -0.4 is 15.2 Å². The van der Waals surface area contributed by atoms with Gasteiger partial charge in [0, 0.05) is 19.3 Å². The molecule has 0 unspecified atom stereocenters. The van der Waals surface area contributed by atoms with Gasteiger partial charge in [-0.05, 0) is 78.0 Å². The molecular weight excluding hydrogens is 737 g/mol. The second-order valence-electron chi connectivity index (χ2n) is 16.2. The number of aliphatic hydroxyl groups excluding tert-OH is 1. The van der Waals surface area contributed by atoms with Crippen molar-refractivity contribution in [2.45, 2.75) is 109 Å². The lowest BCUT2D eigenvalue weighted by Gasteiger charge is -2.41. The normalized spacial score (nSPS) is 18.9. The van der Waals surface area contributed by atoms with E-state index in [9.17, 15) is 9.90 Å². The van der Waals surface area contributed by atoms with Crippen molar-refractivity contribution < 1.29 is 28.5 Å². The molecule has 1 N–H and O–H groups in total. The molecule has 0 bridgehead atoms. The summed E-state index contributed by atoms with van der Waals surface area (Å²) < 4.78 is 33.2. The van der Waals surface area contributed by atoms with E-state index >= 15 is 0 Å². The number of hydrogen-bond acceptors (Lipinski definition) is 9. The lowest BCUT2D eigenvalue weighted by Crippen LogP contribution is -2.50. The van der Waals surface area contributed by atoms with Gasteiger partial charge in [0.25, 0.3) is 0 Å². The van der Waals surface area contributed by atoms with Crippen molar-refractivity contribution in [1.82, 2.24) is 14.5 Å². The molecule has 0 saturated carbocycles. The van der Waals surface area contributed by atoms with Crippen LogP contribution >= 0.6 is 0 Å². The number of aromatic nitrogens is 2. The molecule has 11 nitrogen and oxygen atoms in total. The van der Waals surface area contributed by atoms with Crippen molar-refractivity contribution in [3.05, 3.63) is 118 Å². The van der Waals surface area contributed by atoms with Gasteiger partial charge in [-0.3, -0.25) is 4.57 Å². The fourth-order valence-electron chi connectivity index (χ4n) is 6.79. The highest BCUT2D eigenvalue weighted by atomic mass is 28.4. The van der Waals surface area contributed by atoms with Gasteiger partial charge >= 0.3 is 5.69 Å². The van der Waals surface area contributed by atoms with Crippen molar-refractivity contribution in [3.63, 3.8) is 0 Å². The van der Waals surface area contributed by atoms with Crippen LogP contribution in [0.1, 0.15) is 83.2 Å². The Morgan fingerprint density at radius 3 is 1.89 bits per heavy atom. The van der Waals surface area contributed by atoms with E-state index in [1.165, 1.54) is 4.57 Å². The first kappa shape index (κ1) is 43.8. The Labute approximate surface area is 339 Å². The molecule has 12 heteroatoms. The van der Waals surface area contributed by atoms with Gasteiger partial charge in [-0.25, -0.2) is 9.79 Å². The molecule has 1 aliphatic rings. The molecule has 1 aromatic heterocycles. The molecule has 308 valence electrons. The van der Waals surface area contributed by atoms with Crippen LogP contribution in [0.15, 0.2) is 101 Å². The molecule has 0 amide bonds. The highest BCUT2D eigenvalue weighted by Gasteiger charge is 2.51. The number of aliphatic hydroxyl groups is 1. The van der Waals surface area contributed by atoms with Crippen LogP contribution in [0.2, 0.25) is 18.1 Å². The van der Waals surface area contributed by atoms with E-state index in [1.807, 2.05) is 78.9 Å². The summed E-state index contributed by atoms with van der Waals surface area (Å²) in [6.45, 7) is 16.8. The number of aliphatic imine (C=N–C) groups is 1. The fraction of sp³-hybridized carbons (Fsp3) is 0.489. The van der Waals surface area contributed by atoms with Crippen molar-refractivity contribution in [2.24, 2.45) is 4.99 Å². The Bertz CT molecular complexity index is 1880. The number of nitrogens with zero attached hydrogens (tertiary/aromatic N) is 4. The van der Waals surface area contributed by atoms with Crippen LogP contribution in [-0.4, -0.2) is 86.4 Å². The third-order valence-electron chi connectivity index (χ3n) is 11.2. The van der Waals surface area contributed by atoms with Crippen LogP contribution in [0.5, 0.6) is 11.5 Å². The van der Waals surface area contributed by atoms with Crippen LogP contribution in [0.3, 0.4) is 0 Å². The predicted molar refractivity (Wildman–Crippen MR) is 228 cm³/mol. The number of ether oxygens (including phenoxy) is 4. The first-order valence-electron chi connectivity index (χ1n) is 20.1. The van der Waals surface area contributed by atoms with Crippen LogP contribution in [0, 0.1) is 0 Å². The van der Waals surface area contributed by atoms with Crippen molar-refractivity contribution in [3.8, 4) is 11.5 Å². The molecule has 3 aromatic carbocycles. The Balaban J connectivity index is 1.54. The van der Waals surface area contributed by atoms with E-state index in [0.29, 0.717) is 17.3 Å². The van der Waals surface area contributed by atoms with Gasteiger partial charge in [0.1, 0.15) is 35.4 Å². The second kappa shape index (κ2) is 19.4. The SMILES string of the molecule is CCCCN(C=Nc1ccn([C@H]2O[C@@H](COC(c3ccccc3)(c3ccc(OC)cc3)c3ccc(OC)cc3)[C@H](O[Si](C)(C)C(C)(C)C)[C@@H]2O)c(=O)n1)CCCC. The minimum Gasteiger partial charge on any atom is -0.497 e. The summed E-state index contributed by atoms with van der Waals surface area (Å²) in [5, 5.41) is 11.9. The Hall–Kier alpha value is -4.33. The minimum atomic E-state index is -2.49. The molecule has 1 fully saturated rings. The molecule has 4 atom stereocenters. The molecule has 1 aliphatic heterocycles. The molecular formula is C45H62N4O7Si. The molecule has 57 heavy (non-hydrogen) atoms. The van der Waals surface area contributed by atoms with E-state index in [1.54, 1.807) is 32.8 Å². The average molecular weight is 799 g/mol. The van der Waals surface area contributed by atoms with Crippen LogP contribution in [0.4, 0.5) is 5.82 Å². The monoisotopic (exact) mass is 798 g/mol. The average Bonchev–Trinajstić information content (AvgIpc) is 3.51. The minimum absolute atomic E-state index is 0.00964. The maximum absolute atomic E-state index is 13.7. The number of methoxy groups -OCH3 is 2. The zero-order valence-corrected chi connectivity index (χ0v) is 36.2. The number of rotatable bonds is 19. The second-order valence-corrected chi connectivity index (χ2v) is 20.9. The molecule has 5 rings (SSSR count). The topological polar surface area (TPSA) is 117 Å². The Morgan fingerprint density at radius 1 is 0.860 bits per heavy atom. The summed E-state index contributed by atoms with van der Waals surface area (Å²) in [5.41, 5.74) is 0.891. The zero-order chi connectivity index (χ0) is 41.2. The smallest absolute Gasteiger partial charge is 0.351 e. The lowest BCUT2D eigenvalue weighted by atomic mass is 9.80. The van der Waals surface area contributed by atoms with Crippen LogP contribution in [0.25, 0.3) is 0 Å². The highest BCUT2D eigenvalue weighted by Crippen LogP contribution is 2.45. The van der Waals surface area contributed by atoms with Gasteiger partial charge in [0.15, 0.2) is 20.4 Å². The van der Waals surface area contributed by atoms with Crippen molar-refractivity contribution in [2.75, 3.05) is 33.9 Å². The van der Waals surface area contributed by atoms with E-state index in [0.717, 1.165) is 55.5 Å². The third-order valence-corrected chi connectivity index (χ3v) is 15.7. The number of benzene rings is 3. The van der Waals surface area contributed by atoms with E-state index in [4.69, 9.17) is 23.4 Å².